The number of nitrogens with one attached hydrogen (secondary N) is 1. The van der Waals surface area contributed by atoms with Gasteiger partial charge in [-0.05, 0) is 61.7 Å². The summed E-state index contributed by atoms with van der Waals surface area (Å²) in [4.78, 5) is 19.6. The smallest absolute Gasteiger partial charge is 0.227 e. The molecular formula is C28H25ClFN5OS. The minimum Gasteiger partial charge on any atom is -0.326 e. The fraction of sp³-hybridized carbons (Fsp3) is 0.286. The average molecular weight is 534 g/mol. The molecule has 9 heteroatoms. The number of carbonyl (C=O) groups excluding carboxylic acids is 1. The van der Waals surface area contributed by atoms with E-state index in [0.29, 0.717) is 29.4 Å². The summed E-state index contributed by atoms with van der Waals surface area (Å²) in [5.74, 6) is 1.19. The quantitative estimate of drug-likeness (QED) is 0.336. The minimum absolute atomic E-state index is 0.0883. The first-order chi connectivity index (χ1) is 17.8. The molecule has 2 aliphatic rings. The van der Waals surface area contributed by atoms with E-state index in [1.54, 1.807) is 11.3 Å². The molecule has 2 atom stereocenters. The molecule has 0 radical (unpaired) electrons. The number of aromatic nitrogens is 3. The molecule has 0 saturated carbocycles. The minimum atomic E-state index is -0.851. The van der Waals surface area contributed by atoms with Gasteiger partial charge < -0.3 is 5.32 Å². The van der Waals surface area contributed by atoms with E-state index < -0.39 is 12.2 Å². The first-order valence-electron chi connectivity index (χ1n) is 12.2. The molecule has 1 aliphatic heterocycles. The summed E-state index contributed by atoms with van der Waals surface area (Å²) in [5, 5.41) is 13.4. The molecule has 0 fully saturated rings. The predicted molar refractivity (Wildman–Crippen MR) is 145 cm³/mol. The van der Waals surface area contributed by atoms with Gasteiger partial charge in [0.25, 0.3) is 0 Å². The summed E-state index contributed by atoms with van der Waals surface area (Å²) in [6.45, 7) is 6.11. The van der Waals surface area contributed by atoms with Crippen LogP contribution in [0.2, 0.25) is 5.02 Å². The van der Waals surface area contributed by atoms with Crippen molar-refractivity contribution in [3.05, 3.63) is 91.8 Å². The Morgan fingerprint density at radius 2 is 1.86 bits per heavy atom. The highest BCUT2D eigenvalue weighted by molar-refractivity contribution is 7.15. The third kappa shape index (κ3) is 4.28. The molecule has 1 N–H and O–H groups in total. The van der Waals surface area contributed by atoms with Crippen LogP contribution in [0.15, 0.2) is 47.5 Å². The lowest BCUT2D eigenvalue weighted by Crippen LogP contribution is -2.17. The lowest BCUT2D eigenvalue weighted by atomic mass is 9.99. The zero-order valence-corrected chi connectivity index (χ0v) is 22.3. The Morgan fingerprint density at radius 1 is 1.11 bits per heavy atom. The number of fused-ring (bicyclic) bond motifs is 4. The highest BCUT2D eigenvalue weighted by Crippen LogP contribution is 2.39. The van der Waals surface area contributed by atoms with E-state index >= 15 is 0 Å². The number of rotatable bonds is 4. The monoisotopic (exact) mass is 533 g/mol. The van der Waals surface area contributed by atoms with Crippen LogP contribution in [0.4, 0.5) is 10.1 Å². The van der Waals surface area contributed by atoms with Crippen LogP contribution in [0, 0.1) is 20.8 Å². The highest BCUT2D eigenvalue weighted by Gasteiger charge is 2.32. The molecule has 188 valence electrons. The van der Waals surface area contributed by atoms with Gasteiger partial charge in [0.2, 0.25) is 5.91 Å². The number of carbonyl (C=O) groups is 1. The second-order valence-electron chi connectivity index (χ2n) is 9.65. The fourth-order valence-corrected chi connectivity index (χ4v) is 6.50. The van der Waals surface area contributed by atoms with Gasteiger partial charge in [0.05, 0.1) is 12.1 Å². The van der Waals surface area contributed by atoms with Crippen molar-refractivity contribution in [2.45, 2.75) is 52.2 Å². The first-order valence-corrected chi connectivity index (χ1v) is 13.4. The number of halogens is 2. The number of thiophene rings is 1. The van der Waals surface area contributed by atoms with Gasteiger partial charge in [0.1, 0.15) is 23.0 Å². The van der Waals surface area contributed by atoms with Gasteiger partial charge in [-0.2, -0.15) is 0 Å². The Hall–Kier alpha value is -3.36. The zero-order valence-electron chi connectivity index (χ0n) is 20.7. The van der Waals surface area contributed by atoms with Crippen molar-refractivity contribution in [2.24, 2.45) is 4.99 Å². The number of anilines is 1. The van der Waals surface area contributed by atoms with Crippen LogP contribution in [-0.4, -0.2) is 32.6 Å². The Balaban J connectivity index is 1.39. The summed E-state index contributed by atoms with van der Waals surface area (Å²) in [5.41, 5.74) is 6.52. The van der Waals surface area contributed by atoms with Gasteiger partial charge in [-0.25, -0.2) is 4.39 Å². The van der Waals surface area contributed by atoms with Gasteiger partial charge in [-0.3, -0.25) is 14.4 Å². The second kappa shape index (κ2) is 9.19. The second-order valence-corrected chi connectivity index (χ2v) is 11.3. The fourth-order valence-electron chi connectivity index (χ4n) is 5.16. The molecule has 2 aromatic heterocycles. The van der Waals surface area contributed by atoms with E-state index in [1.165, 1.54) is 4.88 Å². The maximum absolute atomic E-state index is 13.8. The number of alkyl halides is 1. The van der Waals surface area contributed by atoms with Crippen molar-refractivity contribution in [1.29, 1.82) is 0 Å². The maximum Gasteiger partial charge on any atom is 0.227 e. The van der Waals surface area contributed by atoms with Crippen LogP contribution >= 0.6 is 22.9 Å². The van der Waals surface area contributed by atoms with Crippen LogP contribution in [0.3, 0.4) is 0 Å². The van der Waals surface area contributed by atoms with E-state index in [0.717, 1.165) is 44.4 Å². The molecule has 2 aromatic carbocycles. The van der Waals surface area contributed by atoms with Crippen molar-refractivity contribution in [2.75, 3.05) is 5.32 Å². The molecule has 3 heterocycles. The summed E-state index contributed by atoms with van der Waals surface area (Å²) in [7, 11) is 0. The van der Waals surface area contributed by atoms with Crippen LogP contribution in [0.1, 0.15) is 56.8 Å². The van der Waals surface area contributed by atoms with Gasteiger partial charge in [-0.15, -0.1) is 21.5 Å². The Bertz CT molecular complexity index is 1570. The molecule has 0 spiro atoms. The van der Waals surface area contributed by atoms with Gasteiger partial charge in [0, 0.05) is 39.6 Å². The van der Waals surface area contributed by atoms with Crippen LogP contribution in [0.5, 0.6) is 0 Å². The zero-order chi connectivity index (χ0) is 25.8. The van der Waals surface area contributed by atoms with Gasteiger partial charge in [0.15, 0.2) is 5.82 Å². The first kappa shape index (κ1) is 24.0. The van der Waals surface area contributed by atoms with Crippen molar-refractivity contribution in [1.82, 2.24) is 14.8 Å². The lowest BCUT2D eigenvalue weighted by Gasteiger charge is -2.13. The van der Waals surface area contributed by atoms with Crippen molar-refractivity contribution in [3.63, 3.8) is 0 Å². The molecule has 6 nitrogen and oxygen atoms in total. The standard InChI is InChI=1S/C28H25ClFN5OS/c1-14-15(2)37-28-25(14)26(17-4-7-20(29)8-5-17)32-23(27-34-33-16(3)35(27)28)13-24(36)31-22-9-6-18-10-21(30)11-19(18)12-22/h4-9,12,21,23H,10-11,13H2,1-3H3,(H,31,36)/t21?,23-/m0/s1. The molecule has 0 saturated heterocycles. The van der Waals surface area contributed by atoms with E-state index in [4.69, 9.17) is 16.6 Å². The lowest BCUT2D eigenvalue weighted by molar-refractivity contribution is -0.116. The predicted octanol–water partition coefficient (Wildman–Crippen LogP) is 6.27. The summed E-state index contributed by atoms with van der Waals surface area (Å²) >= 11 is 7.85. The van der Waals surface area contributed by atoms with Crippen LogP contribution in [-0.2, 0) is 17.6 Å². The maximum atomic E-state index is 13.8. The van der Waals surface area contributed by atoms with Crippen LogP contribution in [0.25, 0.3) is 5.00 Å². The molecule has 1 unspecified atom stereocenters. The molecule has 1 amide bonds. The number of hydrogen-bond acceptors (Lipinski definition) is 5. The summed E-state index contributed by atoms with van der Waals surface area (Å²) in [6, 6.07) is 12.7. The van der Waals surface area contributed by atoms with E-state index in [-0.39, 0.29) is 12.3 Å². The Morgan fingerprint density at radius 3 is 2.65 bits per heavy atom. The third-order valence-electron chi connectivity index (χ3n) is 7.11. The van der Waals surface area contributed by atoms with E-state index in [1.807, 2.05) is 54.0 Å². The van der Waals surface area contributed by atoms with Gasteiger partial charge in [-0.1, -0.05) is 29.8 Å². The molecule has 37 heavy (non-hydrogen) atoms. The van der Waals surface area contributed by atoms with Crippen molar-refractivity contribution >= 4 is 40.2 Å². The van der Waals surface area contributed by atoms with Crippen molar-refractivity contribution in [3.8, 4) is 5.00 Å². The highest BCUT2D eigenvalue weighted by atomic mass is 35.5. The summed E-state index contributed by atoms with van der Waals surface area (Å²) < 4.78 is 15.8. The van der Waals surface area contributed by atoms with E-state index in [9.17, 15) is 9.18 Å². The van der Waals surface area contributed by atoms with Crippen molar-refractivity contribution < 1.29 is 9.18 Å². The molecule has 6 rings (SSSR count). The number of benzene rings is 2. The van der Waals surface area contributed by atoms with E-state index in [2.05, 4.69) is 29.4 Å². The molecule has 4 aromatic rings. The Labute approximate surface area is 223 Å². The molecule has 0 bridgehead atoms. The molecular weight excluding hydrogens is 509 g/mol. The average Bonchev–Trinajstić information content (AvgIpc) is 3.48. The number of nitrogens with zero attached hydrogens (tertiary/aromatic N) is 4. The normalized spacial score (nSPS) is 18.0. The SMILES string of the molecule is Cc1sc2c(c1C)C(c1ccc(Cl)cc1)=N[C@@H](CC(=O)Nc1ccc3c(c1)CC(F)C3)c1nnc(C)n1-2. The number of aliphatic imine (C=N–C) groups is 1. The third-order valence-corrected chi connectivity index (χ3v) is 8.55. The van der Waals surface area contributed by atoms with Gasteiger partial charge >= 0.3 is 0 Å². The summed E-state index contributed by atoms with van der Waals surface area (Å²) in [6.07, 6.45) is 0.0623. The topological polar surface area (TPSA) is 72.2 Å². The number of hydrogen-bond donors (Lipinski definition) is 1. The largest absolute Gasteiger partial charge is 0.326 e. The number of amides is 1. The number of aryl methyl sites for hydroxylation is 2. The Kier molecular flexibility index (Phi) is 5.96. The molecule has 1 aliphatic carbocycles. The van der Waals surface area contributed by atoms with Crippen LogP contribution < -0.4 is 5.32 Å².